The molecule has 0 unspecified atom stereocenters. The molecule has 4 heterocycles. The van der Waals surface area contributed by atoms with Crippen LogP contribution in [-0.4, -0.2) is 0 Å². The molecule has 4 aromatic heterocycles. The minimum absolute atomic E-state index is 0.826. The van der Waals surface area contributed by atoms with E-state index in [0.717, 1.165) is 60.4 Å². The molecule has 0 radical (unpaired) electrons. The third kappa shape index (κ3) is 3.48. The molecule has 8 aromatic carbocycles. The molecule has 0 amide bonds. The minimum Gasteiger partial charge on any atom is -0.464 e. The summed E-state index contributed by atoms with van der Waals surface area (Å²) in [6.45, 7) is 0. The summed E-state index contributed by atoms with van der Waals surface area (Å²) in [5.41, 5.74) is 9.09. The Morgan fingerprint density at radius 3 is 1.76 bits per heavy atom. The fourth-order valence-electron chi connectivity index (χ4n) is 8.41. The van der Waals surface area contributed by atoms with Crippen molar-refractivity contribution in [3.63, 3.8) is 0 Å². The van der Waals surface area contributed by atoms with Gasteiger partial charge in [-0.2, -0.15) is 0 Å². The average molecular weight is 657 g/mol. The van der Waals surface area contributed by atoms with E-state index in [1.807, 2.05) is 35.6 Å². The van der Waals surface area contributed by atoms with Gasteiger partial charge in [0, 0.05) is 41.7 Å². The average Bonchev–Trinajstić information content (AvgIpc) is 3.94. The SMILES string of the molecule is c1ccc2c(c1)oc1c2c(-c2c3ccccc3c(-c3ccc4c(c3)sc3cc5ccoc5cc34)c3ccccc23)cc2oc3ccccc3c21. The molecular weight excluding hydrogens is 633 g/mol. The molecule has 232 valence electrons. The molecule has 0 aliphatic carbocycles. The molecule has 0 bridgehead atoms. The molecule has 0 atom stereocenters. The minimum atomic E-state index is 0.826. The largest absolute Gasteiger partial charge is 0.464 e. The zero-order chi connectivity index (χ0) is 32.5. The van der Waals surface area contributed by atoms with E-state index in [-0.39, 0.29) is 0 Å². The van der Waals surface area contributed by atoms with Crippen molar-refractivity contribution in [3.05, 3.63) is 146 Å². The number of rotatable bonds is 2. The first-order valence-corrected chi connectivity index (χ1v) is 17.6. The van der Waals surface area contributed by atoms with Crippen molar-refractivity contribution in [2.45, 2.75) is 0 Å². The lowest BCUT2D eigenvalue weighted by atomic mass is 9.84. The number of hydrogen-bond donors (Lipinski definition) is 0. The van der Waals surface area contributed by atoms with Gasteiger partial charge in [0.2, 0.25) is 0 Å². The van der Waals surface area contributed by atoms with Crippen LogP contribution in [0, 0.1) is 0 Å². The van der Waals surface area contributed by atoms with Crippen LogP contribution in [0.1, 0.15) is 0 Å². The van der Waals surface area contributed by atoms with Crippen molar-refractivity contribution in [1.29, 1.82) is 0 Å². The van der Waals surface area contributed by atoms with Crippen LogP contribution in [0.5, 0.6) is 0 Å². The van der Waals surface area contributed by atoms with Gasteiger partial charge in [0.1, 0.15) is 27.9 Å². The smallest absolute Gasteiger partial charge is 0.147 e. The summed E-state index contributed by atoms with van der Waals surface area (Å²) in [6.07, 6.45) is 1.77. The van der Waals surface area contributed by atoms with Crippen molar-refractivity contribution in [3.8, 4) is 22.3 Å². The van der Waals surface area contributed by atoms with Crippen LogP contribution >= 0.6 is 11.3 Å². The maximum absolute atomic E-state index is 6.73. The first-order valence-electron chi connectivity index (χ1n) is 16.8. The van der Waals surface area contributed by atoms with E-state index in [1.54, 1.807) is 6.26 Å². The topological polar surface area (TPSA) is 39.4 Å². The van der Waals surface area contributed by atoms with Crippen LogP contribution in [0.15, 0.2) is 159 Å². The van der Waals surface area contributed by atoms with Crippen molar-refractivity contribution >= 4 is 108 Å². The molecule has 12 aromatic rings. The monoisotopic (exact) mass is 656 g/mol. The first-order chi connectivity index (χ1) is 24.8. The zero-order valence-corrected chi connectivity index (χ0v) is 27.3. The second kappa shape index (κ2) is 9.63. The Morgan fingerprint density at radius 2 is 1.02 bits per heavy atom. The van der Waals surface area contributed by atoms with Crippen molar-refractivity contribution in [2.75, 3.05) is 0 Å². The fraction of sp³-hybridized carbons (Fsp3) is 0. The summed E-state index contributed by atoms with van der Waals surface area (Å²) < 4.78 is 21.6. The van der Waals surface area contributed by atoms with Gasteiger partial charge in [0.25, 0.3) is 0 Å². The van der Waals surface area contributed by atoms with Gasteiger partial charge < -0.3 is 13.3 Å². The van der Waals surface area contributed by atoms with E-state index in [4.69, 9.17) is 13.3 Å². The first kappa shape index (κ1) is 26.6. The van der Waals surface area contributed by atoms with E-state index >= 15 is 0 Å². The van der Waals surface area contributed by atoms with Gasteiger partial charge in [-0.05, 0) is 86.3 Å². The van der Waals surface area contributed by atoms with Gasteiger partial charge in [0.05, 0.1) is 11.6 Å². The van der Waals surface area contributed by atoms with E-state index in [2.05, 4.69) is 115 Å². The summed E-state index contributed by atoms with van der Waals surface area (Å²) in [6, 6.07) is 50.0. The summed E-state index contributed by atoms with van der Waals surface area (Å²) in [7, 11) is 0. The number of thiophene rings is 1. The fourth-order valence-corrected chi connectivity index (χ4v) is 9.58. The Labute approximate surface area is 288 Å². The molecule has 0 saturated heterocycles. The second-order valence-corrected chi connectivity index (χ2v) is 14.2. The van der Waals surface area contributed by atoms with E-state index in [0.29, 0.717) is 0 Å². The maximum atomic E-state index is 6.73. The lowest BCUT2D eigenvalue weighted by molar-refractivity contribution is 0.616. The normalized spacial score (nSPS) is 12.4. The number of furan rings is 3. The van der Waals surface area contributed by atoms with Gasteiger partial charge in [-0.15, -0.1) is 11.3 Å². The lowest BCUT2D eigenvalue weighted by Gasteiger charge is -2.18. The highest BCUT2D eigenvalue weighted by Crippen LogP contribution is 2.50. The molecule has 3 nitrogen and oxygen atoms in total. The quantitative estimate of drug-likeness (QED) is 0.174. The van der Waals surface area contributed by atoms with Crippen molar-refractivity contribution in [1.82, 2.24) is 0 Å². The Bertz CT molecular complexity index is 3330. The summed E-state index contributed by atoms with van der Waals surface area (Å²) >= 11 is 1.84. The van der Waals surface area contributed by atoms with Crippen LogP contribution in [-0.2, 0) is 0 Å². The number of benzene rings is 8. The number of hydrogen-bond acceptors (Lipinski definition) is 4. The van der Waals surface area contributed by atoms with Crippen molar-refractivity contribution < 1.29 is 13.3 Å². The molecule has 12 rings (SSSR count). The highest BCUT2D eigenvalue weighted by Gasteiger charge is 2.24. The number of para-hydroxylation sites is 2. The van der Waals surface area contributed by atoms with Crippen LogP contribution < -0.4 is 0 Å². The molecular formula is C46H24O3S. The van der Waals surface area contributed by atoms with Crippen LogP contribution in [0.3, 0.4) is 0 Å². The molecule has 0 aliphatic heterocycles. The molecule has 0 N–H and O–H groups in total. The van der Waals surface area contributed by atoms with Gasteiger partial charge >= 0.3 is 0 Å². The van der Waals surface area contributed by atoms with Gasteiger partial charge in [-0.1, -0.05) is 97.1 Å². The Morgan fingerprint density at radius 1 is 0.400 bits per heavy atom. The Hall–Kier alpha value is -6.36. The van der Waals surface area contributed by atoms with E-state index < -0.39 is 0 Å². The second-order valence-electron chi connectivity index (χ2n) is 13.2. The molecule has 4 heteroatoms. The Balaban J connectivity index is 1.21. The lowest BCUT2D eigenvalue weighted by Crippen LogP contribution is -1.91. The third-order valence-electron chi connectivity index (χ3n) is 10.5. The molecule has 0 aliphatic rings. The summed E-state index contributed by atoms with van der Waals surface area (Å²) in [5, 5.41) is 12.7. The van der Waals surface area contributed by atoms with Gasteiger partial charge in [-0.3, -0.25) is 0 Å². The van der Waals surface area contributed by atoms with Crippen LogP contribution in [0.2, 0.25) is 0 Å². The third-order valence-corrected chi connectivity index (χ3v) is 11.6. The van der Waals surface area contributed by atoms with E-state index in [1.165, 1.54) is 58.4 Å². The molecule has 50 heavy (non-hydrogen) atoms. The predicted octanol–water partition coefficient (Wildman–Crippen LogP) is 14.2. The molecule has 0 spiro atoms. The number of fused-ring (bicyclic) bond motifs is 13. The van der Waals surface area contributed by atoms with Crippen molar-refractivity contribution in [2.24, 2.45) is 0 Å². The zero-order valence-electron chi connectivity index (χ0n) is 26.5. The Kier molecular flexibility index (Phi) is 5.12. The maximum Gasteiger partial charge on any atom is 0.147 e. The standard InChI is InChI=1S/C46H24O3S/c1-3-11-30-28(9-1)42(26-17-18-27-34-23-38-25(19-20-47-38)21-41(34)50-40(27)22-26)29-10-2-4-12-31(29)43(30)35-24-39-45(33-14-6-7-15-36(33)48-39)46-44(35)32-13-5-8-16-37(32)49-46/h1-24H. The van der Waals surface area contributed by atoms with Crippen LogP contribution in [0.25, 0.3) is 119 Å². The summed E-state index contributed by atoms with van der Waals surface area (Å²) in [5.74, 6) is 0. The van der Waals surface area contributed by atoms with E-state index in [9.17, 15) is 0 Å². The van der Waals surface area contributed by atoms with Gasteiger partial charge in [-0.25, -0.2) is 0 Å². The van der Waals surface area contributed by atoms with Crippen LogP contribution in [0.4, 0.5) is 0 Å². The summed E-state index contributed by atoms with van der Waals surface area (Å²) in [4.78, 5) is 0. The predicted molar refractivity (Wildman–Crippen MR) is 210 cm³/mol. The highest BCUT2D eigenvalue weighted by atomic mass is 32.1. The highest BCUT2D eigenvalue weighted by molar-refractivity contribution is 7.25. The molecule has 0 saturated carbocycles. The van der Waals surface area contributed by atoms with Gasteiger partial charge in [0.15, 0.2) is 0 Å². The molecule has 0 fully saturated rings.